The summed E-state index contributed by atoms with van der Waals surface area (Å²) in [5, 5.41) is 7.13. The van der Waals surface area contributed by atoms with Crippen LogP contribution in [0, 0.1) is 5.82 Å². The van der Waals surface area contributed by atoms with Crippen molar-refractivity contribution in [2.24, 2.45) is 7.05 Å². The molecule has 1 aromatic carbocycles. The summed E-state index contributed by atoms with van der Waals surface area (Å²) < 4.78 is 25.6. The van der Waals surface area contributed by atoms with Crippen LogP contribution in [0.15, 0.2) is 53.3 Å². The number of benzene rings is 1. The number of nitrogens with one attached hydrogen (secondary N) is 1. The molecule has 3 aromatic rings. The molecule has 1 aliphatic heterocycles. The van der Waals surface area contributed by atoms with Crippen molar-refractivity contribution in [2.45, 2.75) is 6.04 Å². The van der Waals surface area contributed by atoms with E-state index < -0.39 is 0 Å². The van der Waals surface area contributed by atoms with Crippen LogP contribution in [0.5, 0.6) is 5.88 Å². The van der Waals surface area contributed by atoms with E-state index in [-0.39, 0.29) is 17.8 Å². The predicted molar refractivity (Wildman–Crippen MR) is 114 cm³/mol. The van der Waals surface area contributed by atoms with Crippen LogP contribution < -0.4 is 15.0 Å². The summed E-state index contributed by atoms with van der Waals surface area (Å²) in [5.74, 6) is 0.615. The number of nitrogens with zero attached hydrogens (tertiary/aromatic N) is 4. The van der Waals surface area contributed by atoms with Crippen LogP contribution in [0.25, 0.3) is 0 Å². The van der Waals surface area contributed by atoms with E-state index in [0.29, 0.717) is 18.0 Å². The van der Waals surface area contributed by atoms with Gasteiger partial charge in [0.15, 0.2) is 0 Å². The monoisotopic (exact) mass is 427 g/mol. The largest absolute Gasteiger partial charge is 0.479 e. The molecule has 4 rings (SSSR count). The van der Waals surface area contributed by atoms with Gasteiger partial charge in [-0.05, 0) is 36.4 Å². The number of methoxy groups -OCH3 is 1. The molecular weight excluding hydrogens is 401 g/mol. The summed E-state index contributed by atoms with van der Waals surface area (Å²) in [6.07, 6.45) is 3.28. The number of carbonyl (C=O) groups excluding carboxylic acids is 1. The highest BCUT2D eigenvalue weighted by Gasteiger charge is 2.28. The number of aromatic nitrogens is 2. The first-order valence-electron chi connectivity index (χ1n) is 10.2. The van der Waals surface area contributed by atoms with Gasteiger partial charge in [0.2, 0.25) is 5.88 Å². The van der Waals surface area contributed by atoms with Gasteiger partial charge in [0.25, 0.3) is 5.91 Å². The molecule has 1 atom stereocenters. The minimum absolute atomic E-state index is 0.100. The zero-order valence-corrected chi connectivity index (χ0v) is 17.6. The Balaban J connectivity index is 1.42. The average Bonchev–Trinajstić information content (AvgIpc) is 3.44. The molecule has 0 unspecified atom stereocenters. The SMILES string of the molecule is COc1nn(C)cc1C(=O)NC[C@@H](c1ccco1)N1CCN(c2ccc(F)cc2)CC1. The third-order valence-corrected chi connectivity index (χ3v) is 5.51. The highest BCUT2D eigenvalue weighted by Crippen LogP contribution is 2.25. The maximum absolute atomic E-state index is 13.2. The number of piperazine rings is 1. The van der Waals surface area contributed by atoms with Gasteiger partial charge in [-0.3, -0.25) is 14.4 Å². The molecule has 0 bridgehead atoms. The Kier molecular flexibility index (Phi) is 6.22. The van der Waals surface area contributed by atoms with Crippen molar-refractivity contribution in [3.05, 3.63) is 66.0 Å². The summed E-state index contributed by atoms with van der Waals surface area (Å²) in [5.41, 5.74) is 1.40. The van der Waals surface area contributed by atoms with Crippen LogP contribution in [0.4, 0.5) is 10.1 Å². The molecule has 1 N–H and O–H groups in total. The van der Waals surface area contributed by atoms with Crippen LogP contribution in [-0.2, 0) is 7.05 Å². The van der Waals surface area contributed by atoms with Gasteiger partial charge in [0.1, 0.15) is 17.1 Å². The molecule has 31 heavy (non-hydrogen) atoms. The summed E-state index contributed by atoms with van der Waals surface area (Å²) in [6, 6.07) is 10.2. The molecule has 0 spiro atoms. The van der Waals surface area contributed by atoms with Gasteiger partial charge in [-0.2, -0.15) is 0 Å². The topological polar surface area (TPSA) is 75.8 Å². The third-order valence-electron chi connectivity index (χ3n) is 5.51. The average molecular weight is 427 g/mol. The molecule has 164 valence electrons. The van der Waals surface area contributed by atoms with Crippen molar-refractivity contribution in [1.82, 2.24) is 20.0 Å². The molecule has 0 aliphatic carbocycles. The molecule has 1 aliphatic rings. The Labute approximate surface area is 180 Å². The number of rotatable bonds is 7. The Hall–Kier alpha value is -3.33. The van der Waals surface area contributed by atoms with Crippen molar-refractivity contribution in [1.29, 1.82) is 0 Å². The summed E-state index contributed by atoms with van der Waals surface area (Å²) in [6.45, 7) is 3.56. The van der Waals surface area contributed by atoms with Gasteiger partial charge in [0, 0.05) is 51.7 Å². The van der Waals surface area contributed by atoms with Crippen LogP contribution in [0.3, 0.4) is 0 Å². The molecule has 0 saturated carbocycles. The quantitative estimate of drug-likeness (QED) is 0.624. The van der Waals surface area contributed by atoms with Crippen LogP contribution in [0.1, 0.15) is 22.2 Å². The molecule has 3 heterocycles. The standard InChI is InChI=1S/C22H26FN5O3/c1-26-15-18(22(25-26)30-2)21(29)24-14-19(20-4-3-13-31-20)28-11-9-27(10-12-28)17-7-5-16(23)6-8-17/h3-8,13,15,19H,9-12,14H2,1-2H3,(H,24,29)/t19-/m0/s1. The minimum Gasteiger partial charge on any atom is -0.479 e. The first-order valence-corrected chi connectivity index (χ1v) is 10.2. The zero-order chi connectivity index (χ0) is 21.8. The second-order valence-corrected chi connectivity index (χ2v) is 7.47. The van der Waals surface area contributed by atoms with Gasteiger partial charge in [-0.15, -0.1) is 5.10 Å². The van der Waals surface area contributed by atoms with E-state index in [4.69, 9.17) is 9.15 Å². The van der Waals surface area contributed by atoms with Gasteiger partial charge < -0.3 is 19.4 Å². The Bertz CT molecular complexity index is 995. The second-order valence-electron chi connectivity index (χ2n) is 7.47. The van der Waals surface area contributed by atoms with Gasteiger partial charge in [-0.1, -0.05) is 0 Å². The second kappa shape index (κ2) is 9.22. The van der Waals surface area contributed by atoms with Crippen LogP contribution in [0.2, 0.25) is 0 Å². The summed E-state index contributed by atoms with van der Waals surface area (Å²) in [7, 11) is 3.23. The van der Waals surface area contributed by atoms with Crippen molar-refractivity contribution < 1.29 is 18.3 Å². The van der Waals surface area contributed by atoms with Gasteiger partial charge >= 0.3 is 0 Å². The summed E-state index contributed by atoms with van der Waals surface area (Å²) in [4.78, 5) is 17.2. The molecule has 8 nitrogen and oxygen atoms in total. The van der Waals surface area contributed by atoms with Crippen LogP contribution >= 0.6 is 0 Å². The minimum atomic E-state index is -0.244. The number of hydrogen-bond donors (Lipinski definition) is 1. The first kappa shape index (κ1) is 20.9. The Morgan fingerprint density at radius 1 is 1.23 bits per heavy atom. The van der Waals surface area contributed by atoms with Crippen molar-refractivity contribution in [2.75, 3.05) is 44.7 Å². The smallest absolute Gasteiger partial charge is 0.258 e. The molecule has 0 radical (unpaired) electrons. The fraction of sp³-hybridized carbons (Fsp3) is 0.364. The number of anilines is 1. The number of halogens is 1. The number of ether oxygens (including phenoxy) is 1. The van der Waals surface area contributed by atoms with E-state index in [1.807, 2.05) is 12.1 Å². The zero-order valence-electron chi connectivity index (χ0n) is 17.6. The molecule has 1 fully saturated rings. The lowest BCUT2D eigenvalue weighted by Crippen LogP contribution is -2.49. The van der Waals surface area contributed by atoms with E-state index >= 15 is 0 Å². The number of aryl methyl sites for hydroxylation is 1. The lowest BCUT2D eigenvalue weighted by molar-refractivity contribution is 0.0920. The first-order chi connectivity index (χ1) is 15.0. The van der Waals surface area contributed by atoms with E-state index in [0.717, 1.165) is 37.6 Å². The third kappa shape index (κ3) is 4.72. The summed E-state index contributed by atoms with van der Waals surface area (Å²) >= 11 is 0. The maximum atomic E-state index is 13.2. The number of furan rings is 1. The fourth-order valence-electron chi connectivity index (χ4n) is 3.89. The molecule has 1 saturated heterocycles. The van der Waals surface area contributed by atoms with Crippen molar-refractivity contribution in [3.8, 4) is 5.88 Å². The van der Waals surface area contributed by atoms with Crippen molar-refractivity contribution >= 4 is 11.6 Å². The van der Waals surface area contributed by atoms with Crippen LogP contribution in [-0.4, -0.2) is 60.4 Å². The van der Waals surface area contributed by atoms with Crippen molar-refractivity contribution in [3.63, 3.8) is 0 Å². The number of amides is 1. The molecule has 9 heteroatoms. The lowest BCUT2D eigenvalue weighted by Gasteiger charge is -2.39. The van der Waals surface area contributed by atoms with Gasteiger partial charge in [-0.25, -0.2) is 4.39 Å². The molecule has 1 amide bonds. The highest BCUT2D eigenvalue weighted by atomic mass is 19.1. The van der Waals surface area contributed by atoms with E-state index in [2.05, 4.69) is 20.2 Å². The van der Waals surface area contributed by atoms with E-state index in [9.17, 15) is 9.18 Å². The van der Waals surface area contributed by atoms with E-state index in [1.165, 1.54) is 19.2 Å². The highest BCUT2D eigenvalue weighted by molar-refractivity contribution is 5.96. The predicted octanol–water partition coefficient (Wildman–Crippen LogP) is 2.45. The number of hydrogen-bond acceptors (Lipinski definition) is 6. The lowest BCUT2D eigenvalue weighted by atomic mass is 10.1. The Morgan fingerprint density at radius 3 is 2.61 bits per heavy atom. The van der Waals surface area contributed by atoms with E-state index in [1.54, 1.807) is 36.3 Å². The van der Waals surface area contributed by atoms with Gasteiger partial charge in [0.05, 0.1) is 19.4 Å². The normalized spacial score (nSPS) is 15.6. The molecular formula is C22H26FN5O3. The molecule has 2 aromatic heterocycles. The number of carbonyl (C=O) groups is 1. The fourth-order valence-corrected chi connectivity index (χ4v) is 3.89. The Morgan fingerprint density at radius 2 is 1.97 bits per heavy atom. The maximum Gasteiger partial charge on any atom is 0.258 e.